The van der Waals surface area contributed by atoms with E-state index >= 15 is 0 Å². The van der Waals surface area contributed by atoms with Gasteiger partial charge in [0.05, 0.1) is 5.92 Å². The van der Waals surface area contributed by atoms with Crippen LogP contribution < -0.4 is 0 Å². The third kappa shape index (κ3) is 2.83. The lowest BCUT2D eigenvalue weighted by Gasteiger charge is -2.13. The third-order valence-electron chi connectivity index (χ3n) is 3.60. The Kier molecular flexibility index (Phi) is 3.75. The number of fused-ring (bicyclic) bond motifs is 1. The van der Waals surface area contributed by atoms with Gasteiger partial charge in [-0.1, -0.05) is 46.3 Å². The first-order valence-corrected chi connectivity index (χ1v) is 7.38. The molecule has 0 fully saturated rings. The average Bonchev–Trinajstić information content (AvgIpc) is 2.89. The number of aromatic amines is 1. The molecule has 3 aromatic rings. The summed E-state index contributed by atoms with van der Waals surface area (Å²) in [6, 6.07) is 15.6. The van der Waals surface area contributed by atoms with Gasteiger partial charge in [-0.15, -0.1) is 0 Å². The number of hydrogen-bond acceptors (Lipinski definition) is 2. The van der Waals surface area contributed by atoms with E-state index in [2.05, 4.69) is 20.9 Å². The Hall–Kier alpha value is -2.14. The van der Waals surface area contributed by atoms with Crippen LogP contribution in [0.5, 0.6) is 0 Å². The molecule has 2 aromatic carbocycles. The Morgan fingerprint density at radius 2 is 1.86 bits per heavy atom. The maximum absolute atomic E-state index is 11.1. The topological polar surface area (TPSA) is 58.9 Å². The lowest BCUT2D eigenvalue weighted by atomic mass is 9.91. The van der Waals surface area contributed by atoms with Crippen LogP contribution in [0.2, 0.25) is 0 Å². The number of para-hydroxylation sites is 1. The third-order valence-corrected chi connectivity index (χ3v) is 4.13. The molecule has 3 rings (SSSR count). The van der Waals surface area contributed by atoms with Crippen molar-refractivity contribution in [1.82, 2.24) is 4.98 Å². The maximum Gasteiger partial charge on any atom is 0.214 e. The van der Waals surface area contributed by atoms with Gasteiger partial charge in [0, 0.05) is 26.5 Å². The van der Waals surface area contributed by atoms with Crippen LogP contribution in [0.4, 0.5) is 0 Å². The van der Waals surface area contributed by atoms with Gasteiger partial charge in [0.15, 0.2) is 0 Å². The molecule has 0 aliphatic heterocycles. The minimum atomic E-state index is -0.260. The Labute approximate surface area is 130 Å². The lowest BCUT2D eigenvalue weighted by molar-refractivity contribution is -0.481. The van der Waals surface area contributed by atoms with E-state index in [-0.39, 0.29) is 17.4 Å². The molecule has 0 radical (unpaired) electrons. The highest BCUT2D eigenvalue weighted by Crippen LogP contribution is 2.31. The van der Waals surface area contributed by atoms with E-state index in [4.69, 9.17) is 0 Å². The molecule has 106 valence electrons. The average molecular weight is 345 g/mol. The number of nitro groups is 1. The van der Waals surface area contributed by atoms with Crippen molar-refractivity contribution >= 4 is 26.8 Å². The van der Waals surface area contributed by atoms with Crippen molar-refractivity contribution < 1.29 is 4.92 Å². The number of H-pyrrole nitrogens is 1. The normalized spacial score (nSPS) is 12.4. The SMILES string of the molecule is O=[N+]([O-])C[C@@H](c1ccc(Br)cc1)c1c[nH]c2ccccc12. The second-order valence-electron chi connectivity index (χ2n) is 4.91. The van der Waals surface area contributed by atoms with Crippen LogP contribution in [0.25, 0.3) is 10.9 Å². The van der Waals surface area contributed by atoms with Gasteiger partial charge in [-0.3, -0.25) is 10.1 Å². The smallest absolute Gasteiger partial charge is 0.214 e. The zero-order valence-electron chi connectivity index (χ0n) is 11.1. The van der Waals surface area contributed by atoms with Gasteiger partial charge in [0.25, 0.3) is 0 Å². The Morgan fingerprint density at radius 1 is 1.14 bits per heavy atom. The van der Waals surface area contributed by atoms with Crippen LogP contribution in [0, 0.1) is 10.1 Å². The van der Waals surface area contributed by atoms with Gasteiger partial charge in [0.1, 0.15) is 0 Å². The fourth-order valence-corrected chi connectivity index (χ4v) is 2.87. The predicted octanol–water partition coefficient (Wildman–Crippen LogP) is 4.34. The van der Waals surface area contributed by atoms with E-state index in [0.29, 0.717) is 0 Å². The summed E-state index contributed by atoms with van der Waals surface area (Å²) in [5.74, 6) is -0.260. The van der Waals surface area contributed by atoms with Gasteiger partial charge in [-0.05, 0) is 29.3 Å². The number of nitrogens with zero attached hydrogens (tertiary/aromatic N) is 1. The molecule has 21 heavy (non-hydrogen) atoms. The molecular formula is C16H13BrN2O2. The molecule has 0 bridgehead atoms. The molecule has 0 unspecified atom stereocenters. The number of rotatable bonds is 4. The van der Waals surface area contributed by atoms with Crippen LogP contribution >= 0.6 is 15.9 Å². The Balaban J connectivity index is 2.11. The van der Waals surface area contributed by atoms with E-state index in [0.717, 1.165) is 26.5 Å². The molecule has 1 N–H and O–H groups in total. The second kappa shape index (κ2) is 5.69. The number of nitrogens with one attached hydrogen (secondary N) is 1. The molecule has 0 amide bonds. The quantitative estimate of drug-likeness (QED) is 0.565. The molecule has 4 nitrogen and oxygen atoms in total. The minimum absolute atomic E-state index is 0.122. The lowest BCUT2D eigenvalue weighted by Crippen LogP contribution is -2.13. The van der Waals surface area contributed by atoms with E-state index in [1.54, 1.807) is 0 Å². The number of benzene rings is 2. The van der Waals surface area contributed by atoms with Gasteiger partial charge in [0.2, 0.25) is 6.54 Å². The summed E-state index contributed by atoms with van der Waals surface area (Å²) in [5.41, 5.74) is 2.90. The van der Waals surface area contributed by atoms with Crippen LogP contribution in [0.15, 0.2) is 59.2 Å². The van der Waals surface area contributed by atoms with Crippen molar-refractivity contribution in [3.05, 3.63) is 80.4 Å². The van der Waals surface area contributed by atoms with Crippen LogP contribution in [0.3, 0.4) is 0 Å². The molecule has 1 aromatic heterocycles. The van der Waals surface area contributed by atoms with E-state index < -0.39 is 0 Å². The summed E-state index contributed by atoms with van der Waals surface area (Å²) >= 11 is 3.39. The van der Waals surface area contributed by atoms with E-state index in [1.807, 2.05) is 54.7 Å². The maximum atomic E-state index is 11.1. The van der Waals surface area contributed by atoms with Crippen LogP contribution in [-0.2, 0) is 0 Å². The van der Waals surface area contributed by atoms with Crippen LogP contribution in [0.1, 0.15) is 17.0 Å². The highest BCUT2D eigenvalue weighted by Gasteiger charge is 2.23. The molecule has 0 saturated heterocycles. The summed E-state index contributed by atoms with van der Waals surface area (Å²) in [7, 11) is 0. The Bertz CT molecular complexity index is 780. The zero-order chi connectivity index (χ0) is 14.8. The number of halogens is 1. The first-order valence-electron chi connectivity index (χ1n) is 6.58. The standard InChI is InChI=1S/C16H13BrN2O2/c17-12-7-5-11(6-8-12)15(10-19(20)21)14-9-18-16-4-2-1-3-13(14)16/h1-9,15,18H,10H2/t15-/m0/s1. The van der Waals surface area contributed by atoms with Gasteiger partial charge in [-0.25, -0.2) is 0 Å². The van der Waals surface area contributed by atoms with Gasteiger partial charge < -0.3 is 4.98 Å². The van der Waals surface area contributed by atoms with Crippen molar-refractivity contribution in [1.29, 1.82) is 0 Å². The van der Waals surface area contributed by atoms with Crippen LogP contribution in [-0.4, -0.2) is 16.5 Å². The summed E-state index contributed by atoms with van der Waals surface area (Å²) in [5, 5.41) is 12.1. The monoisotopic (exact) mass is 344 g/mol. The number of aromatic nitrogens is 1. The van der Waals surface area contributed by atoms with Gasteiger partial charge in [-0.2, -0.15) is 0 Å². The molecule has 0 aliphatic carbocycles. The van der Waals surface area contributed by atoms with Crippen molar-refractivity contribution in [3.63, 3.8) is 0 Å². The summed E-state index contributed by atoms with van der Waals surface area (Å²) < 4.78 is 0.963. The highest BCUT2D eigenvalue weighted by atomic mass is 79.9. The predicted molar refractivity (Wildman–Crippen MR) is 86.1 cm³/mol. The minimum Gasteiger partial charge on any atom is -0.361 e. The fraction of sp³-hybridized carbons (Fsp3) is 0.125. The molecule has 1 heterocycles. The molecule has 1 atom stereocenters. The molecule has 0 aliphatic rings. The highest BCUT2D eigenvalue weighted by molar-refractivity contribution is 9.10. The van der Waals surface area contributed by atoms with Crippen molar-refractivity contribution in [2.24, 2.45) is 0 Å². The first-order chi connectivity index (χ1) is 10.1. The van der Waals surface area contributed by atoms with Crippen molar-refractivity contribution in [3.8, 4) is 0 Å². The van der Waals surface area contributed by atoms with Gasteiger partial charge >= 0.3 is 0 Å². The zero-order valence-corrected chi connectivity index (χ0v) is 12.7. The Morgan fingerprint density at radius 3 is 2.57 bits per heavy atom. The second-order valence-corrected chi connectivity index (χ2v) is 5.82. The van der Waals surface area contributed by atoms with Crippen molar-refractivity contribution in [2.75, 3.05) is 6.54 Å². The molecule has 5 heteroatoms. The summed E-state index contributed by atoms with van der Waals surface area (Å²) in [6.07, 6.45) is 1.88. The summed E-state index contributed by atoms with van der Waals surface area (Å²) in [6.45, 7) is -0.122. The summed E-state index contributed by atoms with van der Waals surface area (Å²) in [4.78, 5) is 14.0. The molecule has 0 spiro atoms. The largest absolute Gasteiger partial charge is 0.361 e. The molecule has 0 saturated carbocycles. The van der Waals surface area contributed by atoms with Crippen molar-refractivity contribution in [2.45, 2.75) is 5.92 Å². The fourth-order valence-electron chi connectivity index (χ4n) is 2.61. The number of hydrogen-bond donors (Lipinski definition) is 1. The first kappa shape index (κ1) is 13.8. The van der Waals surface area contributed by atoms with E-state index in [1.165, 1.54) is 0 Å². The molecular weight excluding hydrogens is 332 g/mol. The van der Waals surface area contributed by atoms with E-state index in [9.17, 15) is 10.1 Å².